The lowest BCUT2D eigenvalue weighted by molar-refractivity contribution is -0.146. The van der Waals surface area contributed by atoms with Gasteiger partial charge >= 0.3 is 0 Å². The number of benzene rings is 1. The van der Waals surface area contributed by atoms with E-state index in [1.165, 1.54) is 30.7 Å². The summed E-state index contributed by atoms with van der Waals surface area (Å²) < 4.78 is 0. The molecule has 22 nitrogen and oxygen atoms in total. The summed E-state index contributed by atoms with van der Waals surface area (Å²) in [6, 6.07) is -2.23. The highest BCUT2D eigenvalue weighted by Gasteiger charge is 2.50. The number of aromatic hydroxyl groups is 1. The molecule has 22 heteroatoms. The van der Waals surface area contributed by atoms with E-state index in [0.29, 0.717) is 24.7 Å². The van der Waals surface area contributed by atoms with Crippen LogP contribution in [-0.2, 0) is 33.6 Å². The van der Waals surface area contributed by atoms with Crippen LogP contribution in [0.2, 0.25) is 0 Å². The van der Waals surface area contributed by atoms with Crippen molar-refractivity contribution in [3.63, 3.8) is 0 Å². The van der Waals surface area contributed by atoms with E-state index >= 15 is 0 Å². The number of nitrogens with two attached hydrogens (primary N) is 1. The minimum atomic E-state index is -2.20. The zero-order chi connectivity index (χ0) is 55.0. The number of amides is 5. The minimum Gasteiger partial charge on any atom is -0.508 e. The van der Waals surface area contributed by atoms with Gasteiger partial charge in [0.1, 0.15) is 36.1 Å². The number of Topliss-reactive ketones (excluding diaryl/α,β-unsaturated/α-hetero) is 2. The van der Waals surface area contributed by atoms with Crippen LogP contribution in [0.15, 0.2) is 24.3 Å². The molecule has 1 aliphatic carbocycles. The Hall–Kier alpha value is -4.65. The summed E-state index contributed by atoms with van der Waals surface area (Å²) in [5.41, 5.74) is 5.70. The van der Waals surface area contributed by atoms with Crippen molar-refractivity contribution in [3.05, 3.63) is 29.8 Å². The Kier molecular flexibility index (Phi) is 24.8. The number of aliphatic hydroxyl groups excluding tert-OH is 8. The van der Waals surface area contributed by atoms with Crippen LogP contribution < -0.4 is 27.0 Å². The van der Waals surface area contributed by atoms with Gasteiger partial charge in [-0.05, 0) is 75.1 Å². The summed E-state index contributed by atoms with van der Waals surface area (Å²) >= 11 is 0. The predicted octanol–water partition coefficient (Wildman–Crippen LogP) is -0.783. The van der Waals surface area contributed by atoms with Crippen molar-refractivity contribution in [3.8, 4) is 5.75 Å². The molecule has 0 bridgehead atoms. The molecule has 0 radical (unpaired) electrons. The minimum absolute atomic E-state index is 0.0218. The first-order valence-corrected chi connectivity index (χ1v) is 26.5. The van der Waals surface area contributed by atoms with Gasteiger partial charge in [-0.2, -0.15) is 0 Å². The smallest absolute Gasteiger partial charge is 0.248 e. The number of aliphatic hydroxyl groups is 8. The lowest BCUT2D eigenvalue weighted by atomic mass is 9.83. The van der Waals surface area contributed by atoms with E-state index in [4.69, 9.17) is 5.73 Å². The number of carbonyl (C=O) groups excluding carboxylic acids is 7. The van der Waals surface area contributed by atoms with Crippen LogP contribution in [0.3, 0.4) is 0 Å². The number of ketones is 2. The maximum absolute atomic E-state index is 14.5. The second-order valence-corrected chi connectivity index (χ2v) is 21.1. The third kappa shape index (κ3) is 17.5. The lowest BCUT2D eigenvalue weighted by Crippen LogP contribution is -2.60. The highest BCUT2D eigenvalue weighted by Crippen LogP contribution is 2.36. The van der Waals surface area contributed by atoms with Gasteiger partial charge in [0, 0.05) is 38.1 Å². The fourth-order valence-electron chi connectivity index (χ4n) is 10.5. The Balaban J connectivity index is 1.68. The van der Waals surface area contributed by atoms with E-state index in [0.717, 1.165) is 50.3 Å². The van der Waals surface area contributed by atoms with Gasteiger partial charge in [-0.15, -0.1) is 0 Å². The zero-order valence-electron chi connectivity index (χ0n) is 43.3. The molecule has 3 unspecified atom stereocenters. The molecule has 0 spiro atoms. The Labute approximate surface area is 433 Å². The predicted molar refractivity (Wildman–Crippen MR) is 268 cm³/mol. The van der Waals surface area contributed by atoms with Gasteiger partial charge < -0.3 is 77.9 Å². The van der Waals surface area contributed by atoms with E-state index in [1.54, 1.807) is 0 Å². The van der Waals surface area contributed by atoms with Crippen molar-refractivity contribution in [2.24, 2.45) is 35.3 Å². The number of carbonyl (C=O) groups is 7. The van der Waals surface area contributed by atoms with Crippen LogP contribution in [0.5, 0.6) is 5.75 Å². The van der Waals surface area contributed by atoms with Gasteiger partial charge in [-0.3, -0.25) is 33.6 Å². The average Bonchev–Trinajstić information content (AvgIpc) is 3.95. The quantitative estimate of drug-likeness (QED) is 0.0712. The van der Waals surface area contributed by atoms with E-state index in [2.05, 4.69) is 42.0 Å². The number of phenolic OH excluding ortho intramolecular Hbond substituents is 1. The van der Waals surface area contributed by atoms with E-state index in [-0.39, 0.29) is 43.5 Å². The van der Waals surface area contributed by atoms with Gasteiger partial charge in [-0.25, -0.2) is 0 Å². The SMILES string of the molecule is CCC(C)CC(C)CCCCCCCCC(=O)N[C@H]1C[C@@H](O)[C@@H](O)NC(=O)[C@H]2C(CC[C@@H]2O)C(=O)[C@H]([C@H](O)CCN)NC(=O)[C@H]([C@H](O)[C@@H](O)c2ccc(O)cc2)CC(=O)[C@@H]2C[C@@H](O)CN2C(=O)[C@H]([C@@H](C)O)NC1=O. The van der Waals surface area contributed by atoms with Crippen LogP contribution in [0.4, 0.5) is 0 Å². The number of unbranched alkanes of at least 4 members (excludes halogenated alkanes) is 5. The molecule has 4 rings (SSSR count). The third-order valence-electron chi connectivity index (χ3n) is 15.1. The summed E-state index contributed by atoms with van der Waals surface area (Å²) in [5, 5.41) is 109. The first-order chi connectivity index (χ1) is 35.0. The maximum Gasteiger partial charge on any atom is 0.248 e. The van der Waals surface area contributed by atoms with Crippen LogP contribution in [-0.4, -0.2) is 172 Å². The first kappa shape index (κ1) is 61.9. The molecule has 5 amide bonds. The van der Waals surface area contributed by atoms with E-state index < -0.39 is 158 Å². The summed E-state index contributed by atoms with van der Waals surface area (Å²) in [5.74, 6) is -11.2. The molecule has 74 heavy (non-hydrogen) atoms. The van der Waals surface area contributed by atoms with Crippen LogP contribution >= 0.6 is 0 Å². The van der Waals surface area contributed by atoms with Crippen LogP contribution in [0.25, 0.3) is 0 Å². The standard InChI is InChI=1S/C52H84N6O16/c1-5-27(2)22-28(3)12-10-8-6-7-9-11-13-41(66)54-35-25-40(65)50(72)57-51(73)42-33(18-19-37(42)62)46(68)44(38(63)20-21-53)56-48(70)34(47(69)45(67)30-14-16-31(60)17-15-30)24-39(64)36-23-32(61)26-58(36)52(74)43(29(4)59)55-49(35)71/h14-17,27-29,32-38,40,42-45,47,50,59-63,65,67,69,72H,5-13,18-26,53H2,1-4H3,(H,54,66)(H,55,71)(H,56,70)(H,57,73)/t27?,28?,29-,32-,33?,34+,35+,36+,37+,38-,40-,42+,43+,44+,45+,47+,50-/m1/s1. The van der Waals surface area contributed by atoms with Gasteiger partial charge in [0.25, 0.3) is 0 Å². The van der Waals surface area contributed by atoms with E-state index in [9.17, 15) is 79.5 Å². The molecule has 17 atom stereocenters. The molecule has 1 aromatic rings. The Bertz CT molecular complexity index is 2010. The Morgan fingerprint density at radius 2 is 1.41 bits per heavy atom. The number of rotatable bonds is 20. The number of hydrogen-bond acceptors (Lipinski definition) is 17. The topological polar surface area (TPSA) is 379 Å². The van der Waals surface area contributed by atoms with Crippen molar-refractivity contribution < 1.29 is 79.5 Å². The molecule has 1 saturated carbocycles. The number of nitrogens with zero attached hydrogens (tertiary/aromatic N) is 1. The zero-order valence-corrected chi connectivity index (χ0v) is 43.3. The number of phenols is 1. The summed E-state index contributed by atoms with van der Waals surface area (Å²) in [4.78, 5) is 100. The fourth-order valence-corrected chi connectivity index (χ4v) is 10.5. The molecule has 2 saturated heterocycles. The molecule has 3 fully saturated rings. The molecular formula is C52H84N6O16. The summed E-state index contributed by atoms with van der Waals surface area (Å²) in [7, 11) is 0. The number of nitrogens with one attached hydrogen (secondary N) is 4. The lowest BCUT2D eigenvalue weighted by Gasteiger charge is -2.33. The highest BCUT2D eigenvalue weighted by molar-refractivity contribution is 5.99. The van der Waals surface area contributed by atoms with Gasteiger partial charge in [-0.1, -0.05) is 77.8 Å². The largest absolute Gasteiger partial charge is 0.508 e. The van der Waals surface area contributed by atoms with Crippen molar-refractivity contribution in [1.29, 1.82) is 0 Å². The Morgan fingerprint density at radius 1 is 0.770 bits per heavy atom. The van der Waals surface area contributed by atoms with Gasteiger partial charge in [0.2, 0.25) is 29.5 Å². The third-order valence-corrected chi connectivity index (χ3v) is 15.1. The number of hydrogen-bond donors (Lipinski definition) is 14. The summed E-state index contributed by atoms with van der Waals surface area (Å²) in [6.07, 6.45) is -8.88. The normalized spacial score (nSPS) is 30.4. The second kappa shape index (κ2) is 29.6. The van der Waals surface area contributed by atoms with Crippen molar-refractivity contribution in [2.75, 3.05) is 13.1 Å². The van der Waals surface area contributed by atoms with Crippen molar-refractivity contribution >= 4 is 41.1 Å². The van der Waals surface area contributed by atoms with Gasteiger partial charge in [0.15, 0.2) is 17.8 Å². The van der Waals surface area contributed by atoms with Crippen molar-refractivity contribution in [1.82, 2.24) is 26.2 Å². The molecule has 2 heterocycles. The molecule has 2 aliphatic heterocycles. The first-order valence-electron chi connectivity index (χ1n) is 26.5. The molecule has 418 valence electrons. The van der Waals surface area contributed by atoms with Crippen LogP contribution in [0, 0.1) is 29.6 Å². The average molecular weight is 1050 g/mol. The molecule has 1 aromatic carbocycles. The van der Waals surface area contributed by atoms with Crippen molar-refractivity contribution in [2.45, 2.75) is 204 Å². The molecule has 15 N–H and O–H groups in total. The second-order valence-electron chi connectivity index (χ2n) is 21.1. The molecular weight excluding hydrogens is 965 g/mol. The molecule has 0 aromatic heterocycles. The number of fused-ring (bicyclic) bond motifs is 2. The fraction of sp³-hybridized carbons (Fsp3) is 0.750. The Morgan fingerprint density at radius 3 is 2.04 bits per heavy atom. The van der Waals surface area contributed by atoms with Gasteiger partial charge in [0.05, 0.1) is 48.4 Å². The molecule has 3 aliphatic rings. The van der Waals surface area contributed by atoms with E-state index in [1.807, 2.05) is 0 Å². The summed E-state index contributed by atoms with van der Waals surface area (Å²) in [6.45, 7) is 7.14. The highest BCUT2D eigenvalue weighted by atomic mass is 16.3. The monoisotopic (exact) mass is 1050 g/mol. The maximum atomic E-state index is 14.5. The van der Waals surface area contributed by atoms with Crippen LogP contribution in [0.1, 0.15) is 142 Å².